The molecule has 15 heavy (non-hydrogen) atoms. The molecule has 0 bridgehead atoms. The van der Waals surface area contributed by atoms with Gasteiger partial charge in [-0.2, -0.15) is 0 Å². The fourth-order valence-electron chi connectivity index (χ4n) is 2.25. The van der Waals surface area contributed by atoms with Gasteiger partial charge in [-0.3, -0.25) is 0 Å². The molecule has 1 heteroatoms. The molecular formula is C14H29N. The molecule has 0 aromatic rings. The summed E-state index contributed by atoms with van der Waals surface area (Å²) in [4.78, 5) is 0. The van der Waals surface area contributed by atoms with Crippen LogP contribution >= 0.6 is 0 Å². The SMILES string of the molecule is CCCCCC(C)(C)CNCC1CCC1. The van der Waals surface area contributed by atoms with Crippen LogP contribution in [-0.2, 0) is 0 Å². The van der Waals surface area contributed by atoms with Crippen LogP contribution in [0.2, 0.25) is 0 Å². The van der Waals surface area contributed by atoms with E-state index in [0.29, 0.717) is 5.41 Å². The highest BCUT2D eigenvalue weighted by atomic mass is 14.9. The van der Waals surface area contributed by atoms with Crippen molar-refractivity contribution in [3.05, 3.63) is 0 Å². The Balaban J connectivity index is 2.00. The largest absolute Gasteiger partial charge is 0.316 e. The van der Waals surface area contributed by atoms with Gasteiger partial charge in [0.15, 0.2) is 0 Å². The van der Waals surface area contributed by atoms with Crippen molar-refractivity contribution in [1.29, 1.82) is 0 Å². The third kappa shape index (κ3) is 5.55. The zero-order valence-electron chi connectivity index (χ0n) is 10.9. The minimum atomic E-state index is 0.499. The van der Waals surface area contributed by atoms with Crippen molar-refractivity contribution in [2.45, 2.75) is 65.7 Å². The molecule has 0 aliphatic heterocycles. The summed E-state index contributed by atoms with van der Waals surface area (Å²) in [6.07, 6.45) is 9.89. The van der Waals surface area contributed by atoms with Crippen molar-refractivity contribution in [3.63, 3.8) is 0 Å². The van der Waals surface area contributed by atoms with Crippen molar-refractivity contribution in [2.75, 3.05) is 13.1 Å². The topological polar surface area (TPSA) is 12.0 Å². The van der Waals surface area contributed by atoms with Gasteiger partial charge in [0.25, 0.3) is 0 Å². The van der Waals surface area contributed by atoms with Crippen molar-refractivity contribution in [1.82, 2.24) is 5.32 Å². The minimum absolute atomic E-state index is 0.499. The molecule has 0 spiro atoms. The Morgan fingerprint density at radius 1 is 1.20 bits per heavy atom. The highest BCUT2D eigenvalue weighted by Crippen LogP contribution is 2.26. The summed E-state index contributed by atoms with van der Waals surface area (Å²) in [5.41, 5.74) is 0.499. The van der Waals surface area contributed by atoms with E-state index in [1.807, 2.05) is 0 Å². The standard InChI is InChI=1S/C14H29N/c1-4-5-6-10-14(2,3)12-15-11-13-8-7-9-13/h13,15H,4-12H2,1-3H3. The van der Waals surface area contributed by atoms with Gasteiger partial charge in [0.1, 0.15) is 0 Å². The molecule has 0 radical (unpaired) electrons. The van der Waals surface area contributed by atoms with Crippen molar-refractivity contribution < 1.29 is 0 Å². The lowest BCUT2D eigenvalue weighted by Gasteiger charge is -2.29. The fourth-order valence-corrected chi connectivity index (χ4v) is 2.25. The van der Waals surface area contributed by atoms with Crippen molar-refractivity contribution in [3.8, 4) is 0 Å². The second kappa shape index (κ2) is 6.52. The summed E-state index contributed by atoms with van der Waals surface area (Å²) in [6.45, 7) is 9.54. The Kier molecular flexibility index (Phi) is 5.66. The Hall–Kier alpha value is -0.0400. The molecule has 0 aromatic heterocycles. The molecule has 0 unspecified atom stereocenters. The summed E-state index contributed by atoms with van der Waals surface area (Å²) in [6, 6.07) is 0. The molecule has 1 rings (SSSR count). The molecule has 1 fully saturated rings. The van der Waals surface area contributed by atoms with Crippen LogP contribution in [0.3, 0.4) is 0 Å². The van der Waals surface area contributed by atoms with Crippen LogP contribution in [0.15, 0.2) is 0 Å². The number of rotatable bonds is 8. The van der Waals surface area contributed by atoms with Crippen LogP contribution in [0.5, 0.6) is 0 Å². The van der Waals surface area contributed by atoms with Crippen LogP contribution in [0.4, 0.5) is 0 Å². The summed E-state index contributed by atoms with van der Waals surface area (Å²) >= 11 is 0. The first-order valence-corrected chi connectivity index (χ1v) is 6.85. The van der Waals surface area contributed by atoms with E-state index in [4.69, 9.17) is 0 Å². The van der Waals surface area contributed by atoms with Gasteiger partial charge in [-0.25, -0.2) is 0 Å². The maximum atomic E-state index is 3.65. The zero-order valence-corrected chi connectivity index (χ0v) is 10.9. The van der Waals surface area contributed by atoms with Crippen LogP contribution in [0.1, 0.15) is 65.7 Å². The molecule has 0 atom stereocenters. The smallest absolute Gasteiger partial charge is 0.000263 e. The number of hydrogen-bond acceptors (Lipinski definition) is 1. The summed E-state index contributed by atoms with van der Waals surface area (Å²) in [5.74, 6) is 0.997. The van der Waals surface area contributed by atoms with Crippen LogP contribution in [0, 0.1) is 11.3 Å². The van der Waals surface area contributed by atoms with Gasteiger partial charge in [0.2, 0.25) is 0 Å². The van der Waals surface area contributed by atoms with E-state index in [1.165, 1.54) is 58.0 Å². The Morgan fingerprint density at radius 3 is 2.47 bits per heavy atom. The highest BCUT2D eigenvalue weighted by Gasteiger charge is 2.20. The quantitative estimate of drug-likeness (QED) is 0.599. The first kappa shape index (κ1) is 13.0. The van der Waals surface area contributed by atoms with Gasteiger partial charge in [-0.15, -0.1) is 0 Å². The molecule has 0 amide bonds. The maximum absolute atomic E-state index is 3.65. The first-order valence-electron chi connectivity index (χ1n) is 6.85. The molecular weight excluding hydrogens is 182 g/mol. The van der Waals surface area contributed by atoms with Crippen molar-refractivity contribution >= 4 is 0 Å². The molecule has 1 aliphatic carbocycles. The zero-order chi connectivity index (χ0) is 11.1. The molecule has 0 aromatic carbocycles. The Labute approximate surface area is 96.0 Å². The summed E-state index contributed by atoms with van der Waals surface area (Å²) in [7, 11) is 0. The van der Waals surface area contributed by atoms with E-state index in [0.717, 1.165) is 5.92 Å². The Bertz CT molecular complexity index is 159. The first-order chi connectivity index (χ1) is 7.14. The van der Waals surface area contributed by atoms with E-state index in [-0.39, 0.29) is 0 Å². The monoisotopic (exact) mass is 211 g/mol. The van der Waals surface area contributed by atoms with Gasteiger partial charge in [0.05, 0.1) is 0 Å². The predicted octanol–water partition coefficient (Wildman–Crippen LogP) is 3.98. The predicted molar refractivity (Wildman–Crippen MR) is 68.1 cm³/mol. The van der Waals surface area contributed by atoms with Gasteiger partial charge in [-0.05, 0) is 37.1 Å². The third-order valence-corrected chi connectivity index (χ3v) is 3.72. The Morgan fingerprint density at radius 2 is 1.93 bits per heavy atom. The van der Waals surface area contributed by atoms with E-state index < -0.39 is 0 Å². The third-order valence-electron chi connectivity index (χ3n) is 3.72. The highest BCUT2D eigenvalue weighted by molar-refractivity contribution is 4.76. The van der Waals surface area contributed by atoms with Gasteiger partial charge in [-0.1, -0.05) is 46.5 Å². The summed E-state index contributed by atoms with van der Waals surface area (Å²) in [5, 5.41) is 3.65. The molecule has 1 saturated carbocycles. The van der Waals surface area contributed by atoms with Crippen molar-refractivity contribution in [2.24, 2.45) is 11.3 Å². The second-order valence-electron chi connectivity index (χ2n) is 6.05. The van der Waals surface area contributed by atoms with E-state index in [2.05, 4.69) is 26.1 Å². The molecule has 0 heterocycles. The second-order valence-corrected chi connectivity index (χ2v) is 6.05. The van der Waals surface area contributed by atoms with E-state index in [9.17, 15) is 0 Å². The summed E-state index contributed by atoms with van der Waals surface area (Å²) < 4.78 is 0. The number of nitrogens with one attached hydrogen (secondary N) is 1. The molecule has 1 aliphatic rings. The normalized spacial score (nSPS) is 17.8. The number of hydrogen-bond donors (Lipinski definition) is 1. The van der Waals surface area contributed by atoms with E-state index in [1.54, 1.807) is 0 Å². The molecule has 1 nitrogen and oxygen atoms in total. The van der Waals surface area contributed by atoms with Gasteiger partial charge < -0.3 is 5.32 Å². The van der Waals surface area contributed by atoms with Gasteiger partial charge >= 0.3 is 0 Å². The molecule has 1 N–H and O–H groups in total. The van der Waals surface area contributed by atoms with Crippen LogP contribution < -0.4 is 5.32 Å². The van der Waals surface area contributed by atoms with Gasteiger partial charge in [0, 0.05) is 6.54 Å². The van der Waals surface area contributed by atoms with Crippen LogP contribution in [0.25, 0.3) is 0 Å². The lowest BCUT2D eigenvalue weighted by molar-refractivity contribution is 0.258. The maximum Gasteiger partial charge on any atom is 0.000263 e. The lowest BCUT2D eigenvalue weighted by atomic mass is 9.84. The van der Waals surface area contributed by atoms with Crippen LogP contribution in [-0.4, -0.2) is 13.1 Å². The van der Waals surface area contributed by atoms with E-state index >= 15 is 0 Å². The average Bonchev–Trinajstić information content (AvgIpc) is 2.10. The minimum Gasteiger partial charge on any atom is -0.316 e. The molecule has 90 valence electrons. The lowest BCUT2D eigenvalue weighted by Crippen LogP contribution is -2.34. The fraction of sp³-hybridized carbons (Fsp3) is 1.00. The molecule has 0 saturated heterocycles. The number of unbranched alkanes of at least 4 members (excludes halogenated alkanes) is 2. The average molecular weight is 211 g/mol.